The van der Waals surface area contributed by atoms with Gasteiger partial charge in [-0.05, 0) is 6.42 Å². The molecule has 0 saturated carbocycles. The number of nitrogens with zero attached hydrogens (tertiary/aromatic N) is 1. The summed E-state index contributed by atoms with van der Waals surface area (Å²) in [5.41, 5.74) is 0. The van der Waals surface area contributed by atoms with Gasteiger partial charge >= 0.3 is 0 Å². The van der Waals surface area contributed by atoms with Crippen molar-refractivity contribution in [1.82, 2.24) is 10.2 Å². The number of halogens is 2. The van der Waals surface area contributed by atoms with Gasteiger partial charge in [0.1, 0.15) is 6.23 Å². The van der Waals surface area contributed by atoms with Crippen molar-refractivity contribution in [3.63, 3.8) is 0 Å². The quantitative estimate of drug-likeness (QED) is 0.756. The van der Waals surface area contributed by atoms with Gasteiger partial charge in [-0.25, -0.2) is 0 Å². The number of aliphatic hydroxyl groups excluding tert-OH is 1. The molecule has 13 heavy (non-hydrogen) atoms. The van der Waals surface area contributed by atoms with Crippen molar-refractivity contribution in [1.29, 1.82) is 0 Å². The molecule has 0 spiro atoms. The summed E-state index contributed by atoms with van der Waals surface area (Å²) in [6.07, 6.45) is 1.76. The number of hydrogen-bond acceptors (Lipinski definition) is 3. The van der Waals surface area contributed by atoms with E-state index in [0.717, 1.165) is 39.0 Å². The molecule has 1 heterocycles. The predicted molar refractivity (Wildman–Crippen MR) is 59.9 cm³/mol. The molecule has 1 atom stereocenters. The van der Waals surface area contributed by atoms with Crippen molar-refractivity contribution in [3.05, 3.63) is 0 Å². The van der Waals surface area contributed by atoms with E-state index in [-0.39, 0.29) is 31.0 Å². The fourth-order valence-corrected chi connectivity index (χ4v) is 1.42. The van der Waals surface area contributed by atoms with E-state index >= 15 is 0 Å². The molecule has 1 fully saturated rings. The van der Waals surface area contributed by atoms with Crippen LogP contribution in [0.4, 0.5) is 0 Å². The topological polar surface area (TPSA) is 35.5 Å². The van der Waals surface area contributed by atoms with Crippen LogP contribution in [0.15, 0.2) is 0 Å². The Hall–Kier alpha value is 0.460. The van der Waals surface area contributed by atoms with Gasteiger partial charge in [0.2, 0.25) is 0 Å². The second-order valence-electron chi connectivity index (χ2n) is 3.06. The average Bonchev–Trinajstić information content (AvgIpc) is 2.07. The van der Waals surface area contributed by atoms with Gasteiger partial charge in [-0.15, -0.1) is 24.8 Å². The largest absolute Gasteiger partial charge is 0.378 e. The maximum absolute atomic E-state index is 9.57. The molecule has 0 aromatic rings. The lowest BCUT2D eigenvalue weighted by atomic mass is 10.2. The third-order valence-electron chi connectivity index (χ3n) is 2.12. The van der Waals surface area contributed by atoms with Crippen LogP contribution in [0.3, 0.4) is 0 Å². The third-order valence-corrected chi connectivity index (χ3v) is 2.12. The zero-order valence-electron chi connectivity index (χ0n) is 8.03. The first kappa shape index (κ1) is 15.9. The Morgan fingerprint density at radius 1 is 1.31 bits per heavy atom. The minimum atomic E-state index is -0.206. The zero-order chi connectivity index (χ0) is 8.10. The second kappa shape index (κ2) is 9.03. The SMILES string of the molecule is CCCC(O)N1CCNCC1.Cl.Cl. The van der Waals surface area contributed by atoms with E-state index in [0.29, 0.717) is 0 Å². The molecule has 82 valence electrons. The van der Waals surface area contributed by atoms with Gasteiger partial charge in [0, 0.05) is 26.2 Å². The van der Waals surface area contributed by atoms with E-state index in [2.05, 4.69) is 17.1 Å². The molecule has 0 aliphatic carbocycles. The fourth-order valence-electron chi connectivity index (χ4n) is 1.42. The van der Waals surface area contributed by atoms with Gasteiger partial charge in [0.05, 0.1) is 0 Å². The molecule has 0 bridgehead atoms. The molecule has 1 saturated heterocycles. The van der Waals surface area contributed by atoms with Crippen molar-refractivity contribution < 1.29 is 5.11 Å². The molecule has 0 radical (unpaired) electrons. The van der Waals surface area contributed by atoms with Crippen molar-refractivity contribution >= 4 is 24.8 Å². The lowest BCUT2D eigenvalue weighted by Crippen LogP contribution is -2.48. The van der Waals surface area contributed by atoms with Crippen molar-refractivity contribution in [2.45, 2.75) is 26.0 Å². The molecule has 0 aromatic heterocycles. The summed E-state index contributed by atoms with van der Waals surface area (Å²) in [5.74, 6) is 0. The van der Waals surface area contributed by atoms with Gasteiger partial charge in [0.25, 0.3) is 0 Å². The highest BCUT2D eigenvalue weighted by atomic mass is 35.5. The molecule has 1 aliphatic heterocycles. The Balaban J connectivity index is 0. The van der Waals surface area contributed by atoms with Crippen LogP contribution in [0, 0.1) is 0 Å². The minimum absolute atomic E-state index is 0. The van der Waals surface area contributed by atoms with Gasteiger partial charge < -0.3 is 10.4 Å². The number of hydrogen-bond donors (Lipinski definition) is 2. The molecule has 1 aliphatic rings. The molecule has 0 aromatic carbocycles. The van der Waals surface area contributed by atoms with E-state index in [1.54, 1.807) is 0 Å². The molecular weight excluding hydrogens is 211 g/mol. The van der Waals surface area contributed by atoms with Crippen LogP contribution in [0.25, 0.3) is 0 Å². The molecular formula is C8H20Cl2N2O. The first-order valence-electron chi connectivity index (χ1n) is 4.47. The van der Waals surface area contributed by atoms with Crippen molar-refractivity contribution in [2.24, 2.45) is 0 Å². The molecule has 1 unspecified atom stereocenters. The number of nitrogens with one attached hydrogen (secondary N) is 1. The lowest BCUT2D eigenvalue weighted by molar-refractivity contribution is -0.00948. The summed E-state index contributed by atoms with van der Waals surface area (Å²) < 4.78 is 0. The Morgan fingerprint density at radius 3 is 2.31 bits per heavy atom. The average molecular weight is 231 g/mol. The molecule has 3 nitrogen and oxygen atoms in total. The van der Waals surface area contributed by atoms with Gasteiger partial charge in [0.15, 0.2) is 0 Å². The summed E-state index contributed by atoms with van der Waals surface area (Å²) in [7, 11) is 0. The van der Waals surface area contributed by atoms with Crippen LogP contribution < -0.4 is 5.32 Å². The summed E-state index contributed by atoms with van der Waals surface area (Å²) >= 11 is 0. The molecule has 5 heteroatoms. The normalized spacial score (nSPS) is 19.8. The summed E-state index contributed by atoms with van der Waals surface area (Å²) in [5, 5.41) is 12.8. The minimum Gasteiger partial charge on any atom is -0.378 e. The summed E-state index contributed by atoms with van der Waals surface area (Å²) in [6.45, 7) is 6.11. The third kappa shape index (κ3) is 5.70. The van der Waals surface area contributed by atoms with Crippen LogP contribution in [0.1, 0.15) is 19.8 Å². The van der Waals surface area contributed by atoms with Crippen molar-refractivity contribution in [2.75, 3.05) is 26.2 Å². The van der Waals surface area contributed by atoms with Crippen LogP contribution in [-0.4, -0.2) is 42.4 Å². The van der Waals surface area contributed by atoms with Crippen LogP contribution in [0.5, 0.6) is 0 Å². The maximum Gasteiger partial charge on any atom is 0.107 e. The van der Waals surface area contributed by atoms with Gasteiger partial charge in [-0.3, -0.25) is 4.90 Å². The summed E-state index contributed by atoms with van der Waals surface area (Å²) in [6, 6.07) is 0. The number of rotatable bonds is 3. The fraction of sp³-hybridized carbons (Fsp3) is 1.00. The predicted octanol–water partition coefficient (Wildman–Crippen LogP) is 0.854. The van der Waals surface area contributed by atoms with Crippen LogP contribution >= 0.6 is 24.8 Å². The Bertz CT molecular complexity index is 110. The van der Waals surface area contributed by atoms with Crippen LogP contribution in [-0.2, 0) is 0 Å². The Labute approximate surface area is 92.7 Å². The Kier molecular flexibility index (Phi) is 11.1. The van der Waals surface area contributed by atoms with Gasteiger partial charge in [-0.2, -0.15) is 0 Å². The Morgan fingerprint density at radius 2 is 1.85 bits per heavy atom. The van der Waals surface area contributed by atoms with E-state index in [1.807, 2.05) is 0 Å². The molecule has 2 N–H and O–H groups in total. The number of aliphatic hydroxyl groups is 1. The van der Waals surface area contributed by atoms with E-state index < -0.39 is 0 Å². The number of piperazine rings is 1. The highest BCUT2D eigenvalue weighted by molar-refractivity contribution is 5.85. The van der Waals surface area contributed by atoms with Crippen LogP contribution in [0.2, 0.25) is 0 Å². The summed E-state index contributed by atoms with van der Waals surface area (Å²) in [4.78, 5) is 2.14. The van der Waals surface area contributed by atoms with E-state index in [9.17, 15) is 5.11 Å². The van der Waals surface area contributed by atoms with E-state index in [1.165, 1.54) is 0 Å². The van der Waals surface area contributed by atoms with Crippen molar-refractivity contribution in [3.8, 4) is 0 Å². The first-order valence-corrected chi connectivity index (χ1v) is 4.47. The lowest BCUT2D eigenvalue weighted by Gasteiger charge is -2.31. The zero-order valence-corrected chi connectivity index (χ0v) is 9.66. The highest BCUT2D eigenvalue weighted by Gasteiger charge is 2.16. The highest BCUT2D eigenvalue weighted by Crippen LogP contribution is 2.04. The maximum atomic E-state index is 9.57. The van der Waals surface area contributed by atoms with Gasteiger partial charge in [-0.1, -0.05) is 13.3 Å². The standard InChI is InChI=1S/C8H18N2O.2ClH/c1-2-3-8(11)10-6-4-9-5-7-10;;/h8-9,11H,2-7H2,1H3;2*1H. The van der Waals surface area contributed by atoms with E-state index in [4.69, 9.17) is 0 Å². The first-order chi connectivity index (χ1) is 5.34. The smallest absolute Gasteiger partial charge is 0.107 e. The molecule has 0 amide bonds. The molecule has 1 rings (SSSR count). The monoisotopic (exact) mass is 230 g/mol. The second-order valence-corrected chi connectivity index (χ2v) is 3.06.